The molecule has 3 nitrogen and oxygen atoms in total. The Morgan fingerprint density at radius 2 is 2.00 bits per heavy atom. The van der Waals surface area contributed by atoms with Crippen molar-refractivity contribution in [2.75, 3.05) is 6.54 Å². The van der Waals surface area contributed by atoms with Crippen LogP contribution in [0.2, 0.25) is 0 Å². The van der Waals surface area contributed by atoms with Crippen molar-refractivity contribution in [3.8, 4) is 0 Å². The topological polar surface area (TPSA) is 55.1 Å². The molecule has 0 unspecified atom stereocenters. The molecular weight excluding hydrogens is 188 g/mol. The van der Waals surface area contributed by atoms with E-state index in [1.165, 1.54) is 12.8 Å². The Kier molecular flexibility index (Phi) is 4.58. The zero-order valence-electron chi connectivity index (χ0n) is 10.0. The second-order valence-corrected chi connectivity index (χ2v) is 4.72. The van der Waals surface area contributed by atoms with E-state index in [2.05, 4.69) is 19.2 Å². The Hall–Kier alpha value is -0.570. The number of nitrogens with one attached hydrogen (secondary N) is 1. The fourth-order valence-corrected chi connectivity index (χ4v) is 1.87. The molecule has 0 aromatic heterocycles. The Labute approximate surface area is 92.8 Å². The smallest absolute Gasteiger partial charge is 0.220 e. The van der Waals surface area contributed by atoms with Crippen molar-refractivity contribution in [2.24, 2.45) is 11.7 Å². The second kappa shape index (κ2) is 5.50. The molecule has 0 saturated heterocycles. The largest absolute Gasteiger partial charge is 0.349 e. The average Bonchev–Trinajstić information content (AvgIpc) is 3.07. The van der Waals surface area contributed by atoms with Gasteiger partial charge in [-0.15, -0.1) is 0 Å². The van der Waals surface area contributed by atoms with E-state index in [1.807, 2.05) is 0 Å². The van der Waals surface area contributed by atoms with E-state index in [-0.39, 0.29) is 11.4 Å². The van der Waals surface area contributed by atoms with Gasteiger partial charge in [0.1, 0.15) is 0 Å². The van der Waals surface area contributed by atoms with Crippen LogP contribution in [-0.2, 0) is 4.79 Å². The number of carbonyl (C=O) groups is 1. The lowest BCUT2D eigenvalue weighted by Crippen LogP contribution is -2.52. The van der Waals surface area contributed by atoms with Crippen molar-refractivity contribution in [1.82, 2.24) is 5.32 Å². The molecule has 0 spiro atoms. The molecule has 1 amide bonds. The van der Waals surface area contributed by atoms with E-state index in [1.54, 1.807) is 0 Å². The van der Waals surface area contributed by atoms with Crippen LogP contribution in [0.25, 0.3) is 0 Å². The molecule has 0 atom stereocenters. The third-order valence-corrected chi connectivity index (χ3v) is 3.63. The summed E-state index contributed by atoms with van der Waals surface area (Å²) in [6.07, 6.45) is 6.18. The maximum absolute atomic E-state index is 11.7. The van der Waals surface area contributed by atoms with Gasteiger partial charge in [-0.2, -0.15) is 0 Å². The number of amides is 1. The molecule has 0 radical (unpaired) electrons. The van der Waals surface area contributed by atoms with Crippen molar-refractivity contribution in [3.05, 3.63) is 0 Å². The van der Waals surface area contributed by atoms with Gasteiger partial charge in [0, 0.05) is 13.0 Å². The van der Waals surface area contributed by atoms with Gasteiger partial charge in [-0.1, -0.05) is 26.7 Å². The minimum atomic E-state index is -0.166. The van der Waals surface area contributed by atoms with Crippen molar-refractivity contribution >= 4 is 5.91 Å². The normalized spacial score (nSPS) is 16.5. The zero-order valence-corrected chi connectivity index (χ0v) is 10.0. The predicted molar refractivity (Wildman–Crippen MR) is 62.5 cm³/mol. The third kappa shape index (κ3) is 3.82. The fraction of sp³-hybridized carbons (Fsp3) is 0.917. The number of hydrogen-bond acceptors (Lipinski definition) is 2. The second-order valence-electron chi connectivity index (χ2n) is 4.72. The Morgan fingerprint density at radius 1 is 1.40 bits per heavy atom. The average molecular weight is 212 g/mol. The number of carbonyl (C=O) groups excluding carboxylic acids is 1. The SMILES string of the molecule is CCC(CC)(CN)NC(=O)CCC1CC1. The first-order valence-electron chi connectivity index (χ1n) is 6.17. The Bertz CT molecular complexity index is 199. The summed E-state index contributed by atoms with van der Waals surface area (Å²) in [6, 6.07) is 0. The van der Waals surface area contributed by atoms with E-state index in [4.69, 9.17) is 5.73 Å². The van der Waals surface area contributed by atoms with Gasteiger partial charge in [-0.3, -0.25) is 4.79 Å². The summed E-state index contributed by atoms with van der Waals surface area (Å²) >= 11 is 0. The maximum atomic E-state index is 11.7. The highest BCUT2D eigenvalue weighted by Gasteiger charge is 2.27. The van der Waals surface area contributed by atoms with Gasteiger partial charge in [-0.05, 0) is 25.2 Å². The molecule has 1 aliphatic carbocycles. The molecule has 88 valence electrons. The molecule has 0 heterocycles. The van der Waals surface area contributed by atoms with Crippen LogP contribution in [0.3, 0.4) is 0 Å². The molecule has 1 aliphatic rings. The van der Waals surface area contributed by atoms with Crippen LogP contribution in [0, 0.1) is 5.92 Å². The first-order valence-corrected chi connectivity index (χ1v) is 6.17. The van der Waals surface area contributed by atoms with Crippen molar-refractivity contribution in [3.63, 3.8) is 0 Å². The van der Waals surface area contributed by atoms with Crippen LogP contribution in [0.1, 0.15) is 52.4 Å². The van der Waals surface area contributed by atoms with E-state index in [0.717, 1.165) is 25.2 Å². The summed E-state index contributed by atoms with van der Waals surface area (Å²) in [6.45, 7) is 4.70. The van der Waals surface area contributed by atoms with Crippen LogP contribution >= 0.6 is 0 Å². The first-order chi connectivity index (χ1) is 7.15. The standard InChI is InChI=1S/C12H24N2O/c1-3-12(4-2,9-13)14-11(15)8-7-10-5-6-10/h10H,3-9,13H2,1-2H3,(H,14,15). The zero-order chi connectivity index (χ0) is 11.3. The lowest BCUT2D eigenvalue weighted by molar-refractivity contribution is -0.123. The van der Waals surface area contributed by atoms with E-state index in [9.17, 15) is 4.79 Å². The fourth-order valence-electron chi connectivity index (χ4n) is 1.87. The highest BCUT2D eigenvalue weighted by atomic mass is 16.1. The lowest BCUT2D eigenvalue weighted by Gasteiger charge is -2.31. The van der Waals surface area contributed by atoms with Crippen LogP contribution in [-0.4, -0.2) is 18.0 Å². The molecule has 15 heavy (non-hydrogen) atoms. The van der Waals surface area contributed by atoms with Crippen LogP contribution in [0.4, 0.5) is 0 Å². The number of nitrogens with two attached hydrogens (primary N) is 1. The third-order valence-electron chi connectivity index (χ3n) is 3.63. The van der Waals surface area contributed by atoms with Crippen LogP contribution < -0.4 is 11.1 Å². The highest BCUT2D eigenvalue weighted by Crippen LogP contribution is 2.33. The van der Waals surface area contributed by atoms with Crippen LogP contribution in [0.15, 0.2) is 0 Å². The molecule has 3 N–H and O–H groups in total. The highest BCUT2D eigenvalue weighted by molar-refractivity contribution is 5.76. The molecule has 3 heteroatoms. The van der Waals surface area contributed by atoms with Crippen molar-refractivity contribution in [1.29, 1.82) is 0 Å². The van der Waals surface area contributed by atoms with Crippen molar-refractivity contribution < 1.29 is 4.79 Å². The van der Waals surface area contributed by atoms with E-state index < -0.39 is 0 Å². The van der Waals surface area contributed by atoms with Gasteiger partial charge in [0.2, 0.25) is 5.91 Å². The Balaban J connectivity index is 2.31. The molecular formula is C12H24N2O. The first kappa shape index (κ1) is 12.5. The van der Waals surface area contributed by atoms with Gasteiger partial charge in [0.05, 0.1) is 5.54 Å². The summed E-state index contributed by atoms with van der Waals surface area (Å²) in [5.41, 5.74) is 5.56. The molecule has 1 fully saturated rings. The number of rotatable bonds is 7. The molecule has 0 aromatic rings. The maximum Gasteiger partial charge on any atom is 0.220 e. The molecule has 0 aromatic carbocycles. The van der Waals surface area contributed by atoms with Gasteiger partial charge >= 0.3 is 0 Å². The summed E-state index contributed by atoms with van der Waals surface area (Å²) in [5, 5.41) is 3.10. The summed E-state index contributed by atoms with van der Waals surface area (Å²) in [7, 11) is 0. The molecule has 0 bridgehead atoms. The van der Waals surface area contributed by atoms with Crippen LogP contribution in [0.5, 0.6) is 0 Å². The minimum Gasteiger partial charge on any atom is -0.349 e. The van der Waals surface area contributed by atoms with Gasteiger partial charge in [0.15, 0.2) is 0 Å². The van der Waals surface area contributed by atoms with Gasteiger partial charge < -0.3 is 11.1 Å². The predicted octanol–water partition coefficient (Wildman–Crippen LogP) is 1.81. The van der Waals surface area contributed by atoms with Crippen molar-refractivity contribution in [2.45, 2.75) is 57.9 Å². The summed E-state index contributed by atoms with van der Waals surface area (Å²) in [4.78, 5) is 11.7. The molecule has 1 rings (SSSR count). The van der Waals surface area contributed by atoms with Gasteiger partial charge in [0.25, 0.3) is 0 Å². The summed E-state index contributed by atoms with van der Waals surface area (Å²) < 4.78 is 0. The Morgan fingerprint density at radius 3 is 2.40 bits per heavy atom. The number of hydrogen-bond donors (Lipinski definition) is 2. The minimum absolute atomic E-state index is 0.166. The van der Waals surface area contributed by atoms with Gasteiger partial charge in [-0.25, -0.2) is 0 Å². The lowest BCUT2D eigenvalue weighted by atomic mass is 9.92. The quantitative estimate of drug-likeness (QED) is 0.676. The van der Waals surface area contributed by atoms with E-state index in [0.29, 0.717) is 13.0 Å². The monoisotopic (exact) mass is 212 g/mol. The molecule has 0 aliphatic heterocycles. The molecule has 1 saturated carbocycles. The van der Waals surface area contributed by atoms with E-state index >= 15 is 0 Å². The summed E-state index contributed by atoms with van der Waals surface area (Å²) in [5.74, 6) is 1.00.